The van der Waals surface area contributed by atoms with Crippen LogP contribution in [0.5, 0.6) is 0 Å². The van der Waals surface area contributed by atoms with E-state index in [4.69, 9.17) is 0 Å². The Morgan fingerprint density at radius 2 is 2.40 bits per heavy atom. The van der Waals surface area contributed by atoms with Crippen molar-refractivity contribution in [3.8, 4) is 0 Å². The van der Waals surface area contributed by atoms with Gasteiger partial charge in [0, 0.05) is 16.8 Å². The molecule has 0 aromatic carbocycles. The Bertz CT molecular complexity index is 534. The summed E-state index contributed by atoms with van der Waals surface area (Å²) in [6.45, 7) is 2.58. The molecule has 0 spiro atoms. The maximum atomic E-state index is 11.9. The molecule has 0 N–H and O–H groups in total. The minimum atomic E-state index is -0.0287. The molecule has 0 radical (unpaired) electrons. The molecular weight excluding hydrogens is 278 g/mol. The summed E-state index contributed by atoms with van der Waals surface area (Å²) in [5, 5.41) is 8.78. The highest BCUT2D eigenvalue weighted by Gasteiger charge is 2.07. The molecule has 0 saturated heterocycles. The van der Waals surface area contributed by atoms with Crippen molar-refractivity contribution in [2.24, 2.45) is 0 Å². The van der Waals surface area contributed by atoms with E-state index in [0.717, 1.165) is 16.6 Å². The molecule has 0 atom stereocenters. The Balaban J connectivity index is 2.50. The monoisotopic (exact) mass is 287 g/mol. The van der Waals surface area contributed by atoms with Crippen LogP contribution >= 0.6 is 27.3 Å². The van der Waals surface area contributed by atoms with Gasteiger partial charge in [-0.1, -0.05) is 21.1 Å². The van der Waals surface area contributed by atoms with Crippen molar-refractivity contribution in [2.75, 3.05) is 5.33 Å². The zero-order valence-electron chi connectivity index (χ0n) is 8.23. The van der Waals surface area contributed by atoms with Gasteiger partial charge in [0.15, 0.2) is 0 Å². The molecule has 0 aliphatic heterocycles. The lowest BCUT2D eigenvalue weighted by Gasteiger charge is -2.00. The minimum Gasteiger partial charge on any atom is -0.266 e. The molecule has 0 fully saturated rings. The van der Waals surface area contributed by atoms with Gasteiger partial charge in [0.1, 0.15) is 10.2 Å². The molecule has 0 amide bonds. The Kier molecular flexibility index (Phi) is 3.16. The molecular formula is C9H10BrN3OS. The van der Waals surface area contributed by atoms with Crippen LogP contribution in [-0.2, 0) is 6.54 Å². The summed E-state index contributed by atoms with van der Waals surface area (Å²) in [5.41, 5.74) is 0.677. The minimum absolute atomic E-state index is 0.0287. The third-order valence-electron chi connectivity index (χ3n) is 2.03. The number of thiophene rings is 1. The summed E-state index contributed by atoms with van der Waals surface area (Å²) in [7, 11) is 0. The lowest BCUT2D eigenvalue weighted by atomic mass is 10.4. The second-order valence-electron chi connectivity index (χ2n) is 3.23. The van der Waals surface area contributed by atoms with Crippen molar-refractivity contribution < 1.29 is 0 Å². The number of aryl methyl sites for hydroxylation is 2. The van der Waals surface area contributed by atoms with E-state index in [1.165, 1.54) is 16.0 Å². The maximum absolute atomic E-state index is 11.9. The molecule has 2 heterocycles. The van der Waals surface area contributed by atoms with Crippen molar-refractivity contribution in [1.29, 1.82) is 0 Å². The van der Waals surface area contributed by atoms with Crippen LogP contribution in [0, 0.1) is 6.92 Å². The quantitative estimate of drug-likeness (QED) is 0.811. The average Bonchev–Trinajstić information content (AvgIpc) is 2.59. The Morgan fingerprint density at radius 1 is 1.60 bits per heavy atom. The number of rotatable bonds is 3. The van der Waals surface area contributed by atoms with Gasteiger partial charge in [-0.3, -0.25) is 4.79 Å². The predicted octanol–water partition coefficient (Wildman–Crippen LogP) is 1.95. The summed E-state index contributed by atoms with van der Waals surface area (Å²) in [4.78, 5) is 13.0. The van der Waals surface area contributed by atoms with Crippen LogP contribution < -0.4 is 5.56 Å². The van der Waals surface area contributed by atoms with E-state index in [1.54, 1.807) is 0 Å². The number of hydrogen-bond acceptors (Lipinski definition) is 4. The lowest BCUT2D eigenvalue weighted by molar-refractivity contribution is 0.545. The van der Waals surface area contributed by atoms with Crippen molar-refractivity contribution >= 4 is 37.5 Å². The molecule has 6 heteroatoms. The fourth-order valence-corrected chi connectivity index (χ4v) is 2.48. The smallest absolute Gasteiger partial charge is 0.266 e. The van der Waals surface area contributed by atoms with Gasteiger partial charge in [0.25, 0.3) is 5.56 Å². The third kappa shape index (κ3) is 2.10. The maximum Gasteiger partial charge on any atom is 0.287 e. The van der Waals surface area contributed by atoms with Gasteiger partial charge in [-0.25, -0.2) is 4.68 Å². The second kappa shape index (κ2) is 4.40. The van der Waals surface area contributed by atoms with Crippen LogP contribution in [0.15, 0.2) is 10.9 Å². The molecule has 15 heavy (non-hydrogen) atoms. The first kappa shape index (κ1) is 10.8. The number of aromatic nitrogens is 3. The second-order valence-corrected chi connectivity index (χ2v) is 5.28. The van der Waals surface area contributed by atoms with E-state index >= 15 is 0 Å². The Hall–Kier alpha value is -0.750. The van der Waals surface area contributed by atoms with Gasteiger partial charge < -0.3 is 0 Å². The molecule has 4 nitrogen and oxygen atoms in total. The lowest BCUT2D eigenvalue weighted by Crippen LogP contribution is -2.23. The first-order chi connectivity index (χ1) is 7.22. The van der Waals surface area contributed by atoms with Gasteiger partial charge in [-0.15, -0.1) is 16.4 Å². The first-order valence-electron chi connectivity index (χ1n) is 4.62. The van der Waals surface area contributed by atoms with Gasteiger partial charge >= 0.3 is 0 Å². The van der Waals surface area contributed by atoms with E-state index in [1.807, 2.05) is 13.0 Å². The van der Waals surface area contributed by atoms with Crippen molar-refractivity contribution in [3.63, 3.8) is 0 Å². The summed E-state index contributed by atoms with van der Waals surface area (Å²) in [6, 6.07) is 1.89. The zero-order chi connectivity index (χ0) is 10.8. The highest BCUT2D eigenvalue weighted by atomic mass is 79.9. The van der Waals surface area contributed by atoms with Crippen LogP contribution in [0.2, 0.25) is 0 Å². The van der Waals surface area contributed by atoms with Crippen molar-refractivity contribution in [1.82, 2.24) is 15.0 Å². The van der Waals surface area contributed by atoms with E-state index < -0.39 is 0 Å². The normalized spacial score (nSPS) is 11.1. The summed E-state index contributed by atoms with van der Waals surface area (Å²) in [5.74, 6) is 0. The Labute approximate surface area is 99.0 Å². The summed E-state index contributed by atoms with van der Waals surface area (Å²) < 4.78 is 2.14. The standard InChI is InChI=1S/C9H10BrN3OS/c1-6-5-7-8(15-6)9(14)13(12-11-7)4-2-3-10/h5H,2-4H2,1H3. The number of halogens is 1. The van der Waals surface area contributed by atoms with E-state index in [2.05, 4.69) is 26.2 Å². The van der Waals surface area contributed by atoms with Gasteiger partial charge in [0.05, 0.1) is 0 Å². The number of nitrogens with zero attached hydrogens (tertiary/aromatic N) is 3. The molecule has 80 valence electrons. The molecule has 0 unspecified atom stereocenters. The predicted molar refractivity (Wildman–Crippen MR) is 64.8 cm³/mol. The van der Waals surface area contributed by atoms with Gasteiger partial charge in [-0.2, -0.15) is 0 Å². The van der Waals surface area contributed by atoms with E-state index in [0.29, 0.717) is 16.8 Å². The van der Waals surface area contributed by atoms with Crippen LogP contribution in [0.1, 0.15) is 11.3 Å². The number of fused-ring (bicyclic) bond motifs is 1. The summed E-state index contributed by atoms with van der Waals surface area (Å²) in [6.07, 6.45) is 0.879. The largest absolute Gasteiger partial charge is 0.287 e. The molecule has 0 bridgehead atoms. The van der Waals surface area contributed by atoms with Crippen LogP contribution in [0.4, 0.5) is 0 Å². The van der Waals surface area contributed by atoms with Crippen LogP contribution in [0.3, 0.4) is 0 Å². The highest BCUT2D eigenvalue weighted by Crippen LogP contribution is 2.18. The molecule has 2 rings (SSSR count). The molecule has 0 aliphatic carbocycles. The third-order valence-corrected chi connectivity index (χ3v) is 3.62. The van der Waals surface area contributed by atoms with E-state index in [-0.39, 0.29) is 5.56 Å². The fraction of sp³-hybridized carbons (Fsp3) is 0.444. The molecule has 0 saturated carbocycles. The highest BCUT2D eigenvalue weighted by molar-refractivity contribution is 9.09. The zero-order valence-corrected chi connectivity index (χ0v) is 10.6. The number of hydrogen-bond donors (Lipinski definition) is 0. The average molecular weight is 288 g/mol. The van der Waals surface area contributed by atoms with Gasteiger partial charge in [0.2, 0.25) is 0 Å². The fourth-order valence-electron chi connectivity index (χ4n) is 1.34. The van der Waals surface area contributed by atoms with Gasteiger partial charge in [-0.05, 0) is 19.4 Å². The van der Waals surface area contributed by atoms with Crippen LogP contribution in [-0.4, -0.2) is 20.3 Å². The molecule has 0 aliphatic rings. The molecule has 2 aromatic heterocycles. The molecule has 2 aromatic rings. The SMILES string of the molecule is Cc1cc2nnn(CCCBr)c(=O)c2s1. The van der Waals surface area contributed by atoms with E-state index in [9.17, 15) is 4.79 Å². The Morgan fingerprint density at radius 3 is 3.13 bits per heavy atom. The summed E-state index contributed by atoms with van der Waals surface area (Å²) >= 11 is 4.80. The number of alkyl halides is 1. The first-order valence-corrected chi connectivity index (χ1v) is 6.56. The van der Waals surface area contributed by atoms with Crippen LogP contribution in [0.25, 0.3) is 10.2 Å². The van der Waals surface area contributed by atoms with Crippen molar-refractivity contribution in [2.45, 2.75) is 19.9 Å². The topological polar surface area (TPSA) is 47.8 Å². The van der Waals surface area contributed by atoms with Crippen molar-refractivity contribution in [3.05, 3.63) is 21.3 Å².